The molecule has 0 fully saturated rings. The molecule has 3 aromatic rings. The zero-order valence-electron chi connectivity index (χ0n) is 10.4. The van der Waals surface area contributed by atoms with E-state index in [9.17, 15) is 9.90 Å². The molecule has 19 heavy (non-hydrogen) atoms. The number of thiophene rings is 1. The molecule has 0 atom stereocenters. The van der Waals surface area contributed by atoms with Crippen molar-refractivity contribution >= 4 is 28.1 Å². The molecule has 0 aliphatic rings. The minimum absolute atomic E-state index is 0.389. The number of carboxylic acid groups (broad SMARTS) is 1. The van der Waals surface area contributed by atoms with Crippen LogP contribution < -0.4 is 0 Å². The molecule has 0 amide bonds. The molecule has 0 spiro atoms. The first-order valence-corrected chi connectivity index (χ1v) is 6.80. The van der Waals surface area contributed by atoms with Crippen LogP contribution in [0.4, 0.5) is 0 Å². The van der Waals surface area contributed by atoms with Crippen molar-refractivity contribution in [1.82, 2.24) is 0 Å². The summed E-state index contributed by atoms with van der Waals surface area (Å²) < 4.78 is 0. The third kappa shape index (κ3) is 2.02. The lowest BCUT2D eigenvalue weighted by atomic mass is 9.98. The van der Waals surface area contributed by atoms with Gasteiger partial charge in [-0.15, -0.1) is 11.3 Å². The summed E-state index contributed by atoms with van der Waals surface area (Å²) in [7, 11) is 0. The van der Waals surface area contributed by atoms with Gasteiger partial charge in [0.2, 0.25) is 0 Å². The lowest BCUT2D eigenvalue weighted by Gasteiger charge is -2.08. The summed E-state index contributed by atoms with van der Waals surface area (Å²) in [6.07, 6.45) is 0. The van der Waals surface area contributed by atoms with E-state index >= 15 is 0 Å². The van der Waals surface area contributed by atoms with Gasteiger partial charge in [0, 0.05) is 15.3 Å². The predicted octanol–water partition coefficient (Wildman–Crippen LogP) is 4.57. The van der Waals surface area contributed by atoms with Gasteiger partial charge in [0.25, 0.3) is 0 Å². The number of hydrogen-bond acceptors (Lipinski definition) is 2. The second kappa shape index (κ2) is 4.52. The summed E-state index contributed by atoms with van der Waals surface area (Å²) in [5.74, 6) is -0.877. The molecule has 3 heteroatoms. The molecule has 0 radical (unpaired) electrons. The van der Waals surface area contributed by atoms with E-state index < -0.39 is 5.97 Å². The van der Waals surface area contributed by atoms with E-state index in [1.54, 1.807) is 11.3 Å². The Morgan fingerprint density at radius 1 is 1.05 bits per heavy atom. The van der Waals surface area contributed by atoms with Crippen molar-refractivity contribution in [2.45, 2.75) is 6.92 Å². The average Bonchev–Trinajstić information content (AvgIpc) is 2.83. The Labute approximate surface area is 114 Å². The molecule has 94 valence electrons. The SMILES string of the molecule is Cc1ccc(-c2ccc3ccccc3c2C(=O)O)s1. The van der Waals surface area contributed by atoms with Gasteiger partial charge in [0.1, 0.15) is 0 Å². The zero-order chi connectivity index (χ0) is 13.4. The smallest absolute Gasteiger partial charge is 0.336 e. The van der Waals surface area contributed by atoms with Crippen LogP contribution in [0.3, 0.4) is 0 Å². The van der Waals surface area contributed by atoms with Crippen molar-refractivity contribution < 1.29 is 9.90 Å². The Kier molecular flexibility index (Phi) is 2.84. The molecule has 0 aliphatic carbocycles. The van der Waals surface area contributed by atoms with Gasteiger partial charge < -0.3 is 5.11 Å². The van der Waals surface area contributed by atoms with Crippen LogP contribution >= 0.6 is 11.3 Å². The number of carbonyl (C=O) groups is 1. The van der Waals surface area contributed by atoms with Crippen LogP contribution in [0.2, 0.25) is 0 Å². The highest BCUT2D eigenvalue weighted by molar-refractivity contribution is 7.15. The van der Waals surface area contributed by atoms with Gasteiger partial charge >= 0.3 is 5.97 Å². The summed E-state index contributed by atoms with van der Waals surface area (Å²) in [5.41, 5.74) is 1.18. The van der Waals surface area contributed by atoms with Crippen LogP contribution in [0.1, 0.15) is 15.2 Å². The van der Waals surface area contributed by atoms with Crippen LogP contribution in [0, 0.1) is 6.92 Å². The minimum atomic E-state index is -0.877. The summed E-state index contributed by atoms with van der Waals surface area (Å²) in [4.78, 5) is 13.8. The second-order valence-corrected chi connectivity index (χ2v) is 5.71. The highest BCUT2D eigenvalue weighted by Crippen LogP contribution is 2.34. The van der Waals surface area contributed by atoms with Crippen LogP contribution in [0.15, 0.2) is 48.5 Å². The van der Waals surface area contributed by atoms with Crippen molar-refractivity contribution in [1.29, 1.82) is 0 Å². The molecule has 2 aromatic carbocycles. The Hall–Kier alpha value is -2.13. The lowest BCUT2D eigenvalue weighted by molar-refractivity contribution is 0.0700. The van der Waals surface area contributed by atoms with Crippen LogP contribution in [-0.2, 0) is 0 Å². The fourth-order valence-electron chi connectivity index (χ4n) is 2.29. The molecule has 3 rings (SSSR count). The van der Waals surface area contributed by atoms with Gasteiger partial charge in [-0.1, -0.05) is 36.4 Å². The number of rotatable bonds is 2. The second-order valence-electron chi connectivity index (χ2n) is 4.42. The Morgan fingerprint density at radius 3 is 2.53 bits per heavy atom. The quantitative estimate of drug-likeness (QED) is 0.739. The van der Waals surface area contributed by atoms with E-state index in [1.165, 1.54) is 4.88 Å². The van der Waals surface area contributed by atoms with Crippen LogP contribution in [0.25, 0.3) is 21.2 Å². The molecule has 0 saturated carbocycles. The van der Waals surface area contributed by atoms with Crippen LogP contribution in [-0.4, -0.2) is 11.1 Å². The summed E-state index contributed by atoms with van der Waals surface area (Å²) >= 11 is 1.62. The van der Waals surface area contributed by atoms with Gasteiger partial charge in [0.05, 0.1) is 5.56 Å². The average molecular weight is 268 g/mol. The van der Waals surface area contributed by atoms with Crippen molar-refractivity contribution in [3.63, 3.8) is 0 Å². The Morgan fingerprint density at radius 2 is 1.84 bits per heavy atom. The van der Waals surface area contributed by atoms with Gasteiger partial charge in [0.15, 0.2) is 0 Å². The third-order valence-electron chi connectivity index (χ3n) is 3.15. The van der Waals surface area contributed by atoms with Gasteiger partial charge in [-0.3, -0.25) is 0 Å². The predicted molar refractivity (Wildman–Crippen MR) is 79.0 cm³/mol. The van der Waals surface area contributed by atoms with Crippen molar-refractivity contribution in [3.05, 3.63) is 59.0 Å². The minimum Gasteiger partial charge on any atom is -0.478 e. The van der Waals surface area contributed by atoms with Crippen LogP contribution in [0.5, 0.6) is 0 Å². The molecule has 0 aliphatic heterocycles. The van der Waals surface area contributed by atoms with E-state index in [1.807, 2.05) is 55.5 Å². The van der Waals surface area contributed by atoms with E-state index in [4.69, 9.17) is 0 Å². The van der Waals surface area contributed by atoms with E-state index in [0.29, 0.717) is 5.56 Å². The number of carboxylic acids is 1. The van der Waals surface area contributed by atoms with E-state index in [-0.39, 0.29) is 0 Å². The molecule has 1 heterocycles. The first kappa shape index (κ1) is 11.9. The van der Waals surface area contributed by atoms with Crippen molar-refractivity contribution in [3.8, 4) is 10.4 Å². The molecular weight excluding hydrogens is 256 g/mol. The number of aromatic carboxylic acids is 1. The standard InChI is InChI=1S/C16H12O2S/c1-10-6-9-14(19-10)13-8-7-11-4-2-3-5-12(11)15(13)16(17)18/h2-9H,1H3,(H,17,18). The fraction of sp³-hybridized carbons (Fsp3) is 0.0625. The maximum Gasteiger partial charge on any atom is 0.336 e. The first-order chi connectivity index (χ1) is 9.16. The normalized spacial score (nSPS) is 10.8. The van der Waals surface area contributed by atoms with Gasteiger partial charge in [-0.05, 0) is 29.8 Å². The molecule has 2 nitrogen and oxygen atoms in total. The number of hydrogen-bond donors (Lipinski definition) is 1. The van der Waals surface area contributed by atoms with E-state index in [2.05, 4.69) is 0 Å². The van der Waals surface area contributed by atoms with Crippen molar-refractivity contribution in [2.24, 2.45) is 0 Å². The highest BCUT2D eigenvalue weighted by atomic mass is 32.1. The Balaban J connectivity index is 2.36. The van der Waals surface area contributed by atoms with Gasteiger partial charge in [-0.2, -0.15) is 0 Å². The molecule has 0 saturated heterocycles. The lowest BCUT2D eigenvalue weighted by Crippen LogP contribution is -2.00. The topological polar surface area (TPSA) is 37.3 Å². The number of fused-ring (bicyclic) bond motifs is 1. The number of benzene rings is 2. The highest BCUT2D eigenvalue weighted by Gasteiger charge is 2.16. The summed E-state index contributed by atoms with van der Waals surface area (Å²) in [6.45, 7) is 2.02. The Bertz CT molecular complexity index is 771. The molecular formula is C16H12O2S. The number of aryl methyl sites for hydroxylation is 1. The largest absolute Gasteiger partial charge is 0.478 e. The van der Waals surface area contributed by atoms with Crippen molar-refractivity contribution in [2.75, 3.05) is 0 Å². The fourth-order valence-corrected chi connectivity index (χ4v) is 3.19. The maximum absolute atomic E-state index is 11.6. The summed E-state index contributed by atoms with van der Waals surface area (Å²) in [5, 5.41) is 11.3. The summed E-state index contributed by atoms with van der Waals surface area (Å²) in [6, 6.07) is 15.5. The zero-order valence-corrected chi connectivity index (χ0v) is 11.2. The molecule has 0 bridgehead atoms. The van der Waals surface area contributed by atoms with Gasteiger partial charge in [-0.25, -0.2) is 4.79 Å². The van der Waals surface area contributed by atoms with E-state index in [0.717, 1.165) is 21.2 Å². The monoisotopic (exact) mass is 268 g/mol. The maximum atomic E-state index is 11.6. The molecule has 0 unspecified atom stereocenters. The molecule has 1 N–H and O–H groups in total. The first-order valence-electron chi connectivity index (χ1n) is 5.98. The molecule has 1 aromatic heterocycles. The third-order valence-corrected chi connectivity index (χ3v) is 4.18.